The summed E-state index contributed by atoms with van der Waals surface area (Å²) in [6.07, 6.45) is 3.72. The van der Waals surface area contributed by atoms with Crippen molar-refractivity contribution in [2.24, 2.45) is 0 Å². The molecule has 6 rings (SSSR count). The van der Waals surface area contributed by atoms with Crippen molar-refractivity contribution in [2.75, 3.05) is 16.8 Å². The molecule has 2 aliphatic carbocycles. The largest absolute Gasteiger partial charge is 0.350 e. The van der Waals surface area contributed by atoms with E-state index in [2.05, 4.69) is 64.8 Å². The van der Waals surface area contributed by atoms with Crippen molar-refractivity contribution in [3.05, 3.63) is 83.0 Å². The van der Waals surface area contributed by atoms with Crippen LogP contribution in [0.2, 0.25) is 0 Å². The van der Waals surface area contributed by atoms with Crippen molar-refractivity contribution in [3.63, 3.8) is 0 Å². The highest BCUT2D eigenvalue weighted by Gasteiger charge is 2.43. The number of rotatable bonds is 5. The van der Waals surface area contributed by atoms with E-state index in [0.717, 1.165) is 24.9 Å². The first-order valence-corrected chi connectivity index (χ1v) is 10.4. The number of nitrogens with one attached hydrogen (secondary N) is 1. The Bertz CT molecular complexity index is 1010. The highest BCUT2D eigenvalue weighted by atomic mass is 15.3. The average molecular weight is 368 g/mol. The van der Waals surface area contributed by atoms with Crippen LogP contribution in [0.1, 0.15) is 59.5 Å². The van der Waals surface area contributed by atoms with Crippen LogP contribution in [0.3, 0.4) is 0 Å². The second-order valence-electron chi connectivity index (χ2n) is 8.32. The molecule has 28 heavy (non-hydrogen) atoms. The third kappa shape index (κ3) is 2.75. The quantitative estimate of drug-likeness (QED) is 0.687. The number of anilines is 2. The van der Waals surface area contributed by atoms with Crippen molar-refractivity contribution < 1.29 is 0 Å². The van der Waals surface area contributed by atoms with Crippen LogP contribution >= 0.6 is 0 Å². The molecule has 3 aromatic rings. The molecule has 140 valence electrons. The molecule has 0 spiro atoms. The standard InChI is InChI=1S/C24H24N4/c1-2-6-16(7-3-1)14-25-24-26-21(17-10-11-17)13-23(27-24)28-15-18-12-22(28)20-9-5-4-8-19(18)20/h1-9,13,17-18,22H,10-12,14-15H2,(H,25,26,27)/t18-,22+/m1/s1. The zero-order valence-electron chi connectivity index (χ0n) is 15.9. The summed E-state index contributed by atoms with van der Waals surface area (Å²) in [4.78, 5) is 12.3. The summed E-state index contributed by atoms with van der Waals surface area (Å²) in [5.41, 5.74) is 5.49. The van der Waals surface area contributed by atoms with Gasteiger partial charge in [-0.05, 0) is 36.0 Å². The lowest BCUT2D eigenvalue weighted by atomic mass is 9.99. The minimum atomic E-state index is 0.463. The number of hydrogen-bond donors (Lipinski definition) is 1. The zero-order chi connectivity index (χ0) is 18.5. The highest BCUT2D eigenvalue weighted by molar-refractivity contribution is 5.55. The van der Waals surface area contributed by atoms with E-state index in [9.17, 15) is 0 Å². The molecule has 1 aromatic heterocycles. The van der Waals surface area contributed by atoms with Gasteiger partial charge in [0, 0.05) is 31.0 Å². The van der Waals surface area contributed by atoms with Crippen LogP contribution in [-0.4, -0.2) is 16.5 Å². The maximum atomic E-state index is 4.94. The normalized spacial score (nSPS) is 22.4. The predicted octanol–water partition coefficient (Wildman–Crippen LogP) is 5.01. The van der Waals surface area contributed by atoms with Gasteiger partial charge in [0.25, 0.3) is 0 Å². The smallest absolute Gasteiger partial charge is 0.225 e. The molecule has 4 heteroatoms. The third-order valence-corrected chi connectivity index (χ3v) is 6.41. The molecular formula is C24H24N4. The first-order valence-electron chi connectivity index (χ1n) is 10.4. The van der Waals surface area contributed by atoms with E-state index in [1.807, 2.05) is 6.07 Å². The van der Waals surface area contributed by atoms with Gasteiger partial charge in [-0.3, -0.25) is 0 Å². The van der Waals surface area contributed by atoms with Crippen LogP contribution < -0.4 is 10.2 Å². The van der Waals surface area contributed by atoms with E-state index in [0.29, 0.717) is 17.9 Å². The van der Waals surface area contributed by atoms with Gasteiger partial charge in [0.15, 0.2) is 0 Å². The van der Waals surface area contributed by atoms with Gasteiger partial charge in [0.2, 0.25) is 5.95 Å². The summed E-state index contributed by atoms with van der Waals surface area (Å²) in [6, 6.07) is 22.1. The van der Waals surface area contributed by atoms with Crippen LogP contribution in [0.4, 0.5) is 11.8 Å². The van der Waals surface area contributed by atoms with Gasteiger partial charge in [-0.25, -0.2) is 4.98 Å². The Balaban J connectivity index is 1.31. The first kappa shape index (κ1) is 16.1. The molecule has 3 aliphatic rings. The average Bonchev–Trinajstić information content (AvgIpc) is 3.43. The Labute approximate surface area is 165 Å². The van der Waals surface area contributed by atoms with Gasteiger partial charge < -0.3 is 10.2 Å². The van der Waals surface area contributed by atoms with Crippen molar-refractivity contribution in [1.82, 2.24) is 9.97 Å². The molecular weight excluding hydrogens is 344 g/mol. The summed E-state index contributed by atoms with van der Waals surface area (Å²) >= 11 is 0. The molecule has 2 fully saturated rings. The number of fused-ring (bicyclic) bond motifs is 5. The molecule has 2 bridgehead atoms. The van der Waals surface area contributed by atoms with Crippen molar-refractivity contribution in [2.45, 2.75) is 43.7 Å². The Hall–Kier alpha value is -2.88. The second kappa shape index (κ2) is 6.33. The number of benzene rings is 2. The fourth-order valence-electron chi connectivity index (χ4n) is 4.84. The Morgan fingerprint density at radius 2 is 1.68 bits per heavy atom. The van der Waals surface area contributed by atoms with E-state index < -0.39 is 0 Å². The van der Waals surface area contributed by atoms with Gasteiger partial charge >= 0.3 is 0 Å². The van der Waals surface area contributed by atoms with Crippen molar-refractivity contribution >= 4 is 11.8 Å². The second-order valence-corrected chi connectivity index (χ2v) is 8.32. The lowest BCUT2D eigenvalue weighted by Gasteiger charge is -2.30. The van der Waals surface area contributed by atoms with E-state index in [1.54, 1.807) is 5.56 Å². The Morgan fingerprint density at radius 3 is 2.50 bits per heavy atom. The molecule has 2 heterocycles. The number of nitrogens with zero attached hydrogens (tertiary/aromatic N) is 3. The van der Waals surface area contributed by atoms with Gasteiger partial charge in [0.05, 0.1) is 11.7 Å². The van der Waals surface area contributed by atoms with Crippen LogP contribution in [-0.2, 0) is 6.54 Å². The number of aromatic nitrogens is 2. The van der Waals surface area contributed by atoms with Crippen LogP contribution in [0, 0.1) is 0 Å². The minimum absolute atomic E-state index is 0.463. The predicted molar refractivity (Wildman–Crippen MR) is 112 cm³/mol. The van der Waals surface area contributed by atoms with Crippen LogP contribution in [0.25, 0.3) is 0 Å². The fourth-order valence-corrected chi connectivity index (χ4v) is 4.84. The van der Waals surface area contributed by atoms with E-state index in [-0.39, 0.29) is 0 Å². The van der Waals surface area contributed by atoms with Gasteiger partial charge in [0.1, 0.15) is 5.82 Å². The summed E-state index contributed by atoms with van der Waals surface area (Å²) in [6.45, 7) is 1.82. The molecule has 4 nitrogen and oxygen atoms in total. The molecule has 2 aromatic carbocycles. The molecule has 0 amide bonds. The summed E-state index contributed by atoms with van der Waals surface area (Å²) in [5, 5.41) is 3.46. The van der Waals surface area contributed by atoms with E-state index in [4.69, 9.17) is 9.97 Å². The molecule has 1 aliphatic heterocycles. The van der Waals surface area contributed by atoms with Gasteiger partial charge in [-0.2, -0.15) is 4.98 Å². The van der Waals surface area contributed by atoms with Crippen molar-refractivity contribution in [1.29, 1.82) is 0 Å². The van der Waals surface area contributed by atoms with Gasteiger partial charge in [-0.1, -0.05) is 54.6 Å². The fraction of sp³-hybridized carbons (Fsp3) is 0.333. The summed E-state index contributed by atoms with van der Waals surface area (Å²) in [7, 11) is 0. The molecule has 1 N–H and O–H groups in total. The van der Waals surface area contributed by atoms with Crippen LogP contribution in [0.15, 0.2) is 60.7 Å². The number of hydrogen-bond acceptors (Lipinski definition) is 4. The summed E-state index contributed by atoms with van der Waals surface area (Å²) in [5.74, 6) is 3.11. The maximum absolute atomic E-state index is 4.94. The SMILES string of the molecule is c1ccc(CNc2nc(C3CC3)cc(N3C[C@H]4C[C@H]3c3ccccc34)n2)cc1. The van der Waals surface area contributed by atoms with Crippen molar-refractivity contribution in [3.8, 4) is 0 Å². The molecule has 1 saturated heterocycles. The highest BCUT2D eigenvalue weighted by Crippen LogP contribution is 2.51. The minimum Gasteiger partial charge on any atom is -0.350 e. The Kier molecular flexibility index (Phi) is 3.64. The zero-order valence-corrected chi connectivity index (χ0v) is 15.9. The van der Waals surface area contributed by atoms with E-state index >= 15 is 0 Å². The monoisotopic (exact) mass is 368 g/mol. The molecule has 0 radical (unpaired) electrons. The Morgan fingerprint density at radius 1 is 0.893 bits per heavy atom. The van der Waals surface area contributed by atoms with E-state index in [1.165, 1.54) is 36.1 Å². The maximum Gasteiger partial charge on any atom is 0.225 e. The third-order valence-electron chi connectivity index (χ3n) is 6.41. The lowest BCUT2D eigenvalue weighted by molar-refractivity contribution is 0.726. The molecule has 0 unspecified atom stereocenters. The molecule has 1 saturated carbocycles. The first-order chi connectivity index (χ1) is 13.8. The lowest BCUT2D eigenvalue weighted by Crippen LogP contribution is -2.28. The van der Waals surface area contributed by atoms with Crippen LogP contribution in [0.5, 0.6) is 0 Å². The molecule has 2 atom stereocenters. The summed E-state index contributed by atoms with van der Waals surface area (Å²) < 4.78 is 0. The topological polar surface area (TPSA) is 41.1 Å². The van der Waals surface area contributed by atoms with Gasteiger partial charge in [-0.15, -0.1) is 0 Å².